The summed E-state index contributed by atoms with van der Waals surface area (Å²) in [5.41, 5.74) is 1.88. The Morgan fingerprint density at radius 2 is 2.04 bits per heavy atom. The van der Waals surface area contributed by atoms with E-state index >= 15 is 0 Å². The van der Waals surface area contributed by atoms with Crippen LogP contribution in [0.3, 0.4) is 0 Å². The Bertz CT molecular complexity index is 883. The van der Waals surface area contributed by atoms with Crippen LogP contribution in [0.2, 0.25) is 5.02 Å². The van der Waals surface area contributed by atoms with Gasteiger partial charge in [0, 0.05) is 47.4 Å². The minimum atomic E-state index is -3.16. The molecular formula is C17H21BrClN3O2S. The second-order valence-electron chi connectivity index (χ2n) is 6.30. The van der Waals surface area contributed by atoms with Crippen LogP contribution in [-0.4, -0.2) is 49.6 Å². The van der Waals surface area contributed by atoms with E-state index in [4.69, 9.17) is 11.6 Å². The number of pyridine rings is 1. The molecule has 2 heterocycles. The van der Waals surface area contributed by atoms with Crippen molar-refractivity contribution in [1.82, 2.24) is 9.29 Å². The van der Waals surface area contributed by atoms with E-state index in [9.17, 15) is 8.42 Å². The predicted molar refractivity (Wildman–Crippen MR) is 107 cm³/mol. The van der Waals surface area contributed by atoms with Crippen LogP contribution in [0.25, 0.3) is 10.9 Å². The van der Waals surface area contributed by atoms with E-state index in [2.05, 4.69) is 25.8 Å². The van der Waals surface area contributed by atoms with Crippen molar-refractivity contribution in [1.29, 1.82) is 0 Å². The van der Waals surface area contributed by atoms with E-state index in [-0.39, 0.29) is 6.04 Å². The molecule has 0 radical (unpaired) electrons. The molecule has 1 aromatic carbocycles. The summed E-state index contributed by atoms with van der Waals surface area (Å²) in [6.45, 7) is 4.02. The van der Waals surface area contributed by atoms with Gasteiger partial charge in [0.25, 0.3) is 0 Å². The maximum atomic E-state index is 11.9. The number of piperidine rings is 1. The van der Waals surface area contributed by atoms with E-state index < -0.39 is 10.0 Å². The minimum Gasteiger partial charge on any atom is -0.371 e. The Morgan fingerprint density at radius 1 is 1.36 bits per heavy atom. The number of hydrogen-bond acceptors (Lipinski definition) is 4. The Balaban J connectivity index is 1.86. The van der Waals surface area contributed by atoms with Crippen molar-refractivity contribution >= 4 is 54.1 Å². The number of sulfonamides is 1. The zero-order valence-corrected chi connectivity index (χ0v) is 17.4. The molecular weight excluding hydrogens is 426 g/mol. The molecule has 1 aromatic heterocycles. The van der Waals surface area contributed by atoms with Gasteiger partial charge < -0.3 is 4.90 Å². The molecule has 0 spiro atoms. The number of fused-ring (bicyclic) bond motifs is 1. The van der Waals surface area contributed by atoms with Crippen molar-refractivity contribution in [3.8, 4) is 0 Å². The Hall–Kier alpha value is -0.890. The zero-order valence-electron chi connectivity index (χ0n) is 14.2. The quantitative estimate of drug-likeness (QED) is 0.715. The molecule has 0 unspecified atom stereocenters. The lowest BCUT2D eigenvalue weighted by molar-refractivity contribution is 0.285. The fraction of sp³-hybridized carbons (Fsp3) is 0.471. The van der Waals surface area contributed by atoms with E-state index in [1.807, 2.05) is 25.1 Å². The van der Waals surface area contributed by atoms with Gasteiger partial charge in [-0.05, 0) is 31.0 Å². The number of benzene rings is 1. The highest BCUT2D eigenvalue weighted by Gasteiger charge is 2.29. The molecule has 3 rings (SSSR count). The Labute approximate surface area is 162 Å². The van der Waals surface area contributed by atoms with Gasteiger partial charge in [0.15, 0.2) is 0 Å². The van der Waals surface area contributed by atoms with Crippen LogP contribution >= 0.6 is 27.5 Å². The van der Waals surface area contributed by atoms with Crippen molar-refractivity contribution in [3.63, 3.8) is 0 Å². The summed E-state index contributed by atoms with van der Waals surface area (Å²) in [6.07, 6.45) is 4.69. The second kappa shape index (κ2) is 7.39. The molecule has 25 heavy (non-hydrogen) atoms. The van der Waals surface area contributed by atoms with Crippen LogP contribution < -0.4 is 4.90 Å². The first-order valence-corrected chi connectivity index (χ1v) is 11.3. The minimum absolute atomic E-state index is 0.0691. The van der Waals surface area contributed by atoms with Gasteiger partial charge in [-0.2, -0.15) is 4.31 Å². The van der Waals surface area contributed by atoms with Gasteiger partial charge in [-0.1, -0.05) is 34.5 Å². The molecule has 0 N–H and O–H groups in total. The highest BCUT2D eigenvalue weighted by molar-refractivity contribution is 9.10. The first kappa shape index (κ1) is 18.9. The first-order valence-electron chi connectivity index (χ1n) is 8.26. The zero-order chi connectivity index (χ0) is 18.2. The van der Waals surface area contributed by atoms with Crippen LogP contribution in [0.1, 0.15) is 19.8 Å². The number of halogens is 2. The van der Waals surface area contributed by atoms with Gasteiger partial charge in [-0.15, -0.1) is 0 Å². The second-order valence-corrected chi connectivity index (χ2v) is 9.56. The maximum absolute atomic E-state index is 11.9. The third-order valence-electron chi connectivity index (χ3n) is 4.69. The third kappa shape index (κ3) is 3.94. The van der Waals surface area contributed by atoms with E-state index in [0.29, 0.717) is 11.6 Å². The van der Waals surface area contributed by atoms with Gasteiger partial charge in [-0.25, -0.2) is 8.42 Å². The van der Waals surface area contributed by atoms with Gasteiger partial charge in [0.1, 0.15) is 0 Å². The van der Waals surface area contributed by atoms with Crippen molar-refractivity contribution in [3.05, 3.63) is 33.9 Å². The van der Waals surface area contributed by atoms with Crippen LogP contribution in [0.4, 0.5) is 5.69 Å². The summed E-state index contributed by atoms with van der Waals surface area (Å²) in [7, 11) is -3.16. The lowest BCUT2D eigenvalue weighted by Crippen LogP contribution is -2.47. The lowest BCUT2D eigenvalue weighted by Gasteiger charge is -2.38. The molecule has 8 heteroatoms. The number of hydrogen-bond donors (Lipinski definition) is 0. The fourth-order valence-corrected chi connectivity index (χ4v) is 5.68. The largest absolute Gasteiger partial charge is 0.371 e. The highest BCUT2D eigenvalue weighted by atomic mass is 79.9. The molecule has 1 aliphatic heterocycles. The Morgan fingerprint density at radius 3 is 2.64 bits per heavy atom. The van der Waals surface area contributed by atoms with Crippen molar-refractivity contribution in [2.24, 2.45) is 0 Å². The average Bonchev–Trinajstić information content (AvgIpc) is 2.54. The summed E-state index contributed by atoms with van der Waals surface area (Å²) in [5.74, 6) is 0. The highest BCUT2D eigenvalue weighted by Crippen LogP contribution is 2.34. The summed E-state index contributed by atoms with van der Waals surface area (Å²) < 4.78 is 26.4. The maximum Gasteiger partial charge on any atom is 0.211 e. The molecule has 0 aliphatic carbocycles. The molecule has 0 saturated carbocycles. The van der Waals surface area contributed by atoms with Crippen LogP contribution in [0.15, 0.2) is 28.9 Å². The fourth-order valence-electron chi connectivity index (χ4n) is 3.60. The molecule has 0 amide bonds. The molecule has 136 valence electrons. The van der Waals surface area contributed by atoms with Crippen LogP contribution in [0, 0.1) is 0 Å². The van der Waals surface area contributed by atoms with Crippen molar-refractivity contribution in [2.45, 2.75) is 25.8 Å². The number of rotatable bonds is 4. The molecule has 0 atom stereocenters. The van der Waals surface area contributed by atoms with E-state index in [0.717, 1.165) is 47.0 Å². The first-order chi connectivity index (χ1) is 11.8. The standard InChI is InChI=1S/C17H21BrClN3O2S/c1-3-22(25(2,23)24)13-5-8-21(9-6-13)16-4-7-20-17-14(16)10-12(18)11-15(17)19/h4,7,10-11,13H,3,5-6,8-9H2,1-2H3. The number of anilines is 1. The molecule has 0 bridgehead atoms. The lowest BCUT2D eigenvalue weighted by atomic mass is 10.0. The van der Waals surface area contributed by atoms with Crippen molar-refractivity contribution in [2.75, 3.05) is 30.8 Å². The van der Waals surface area contributed by atoms with Gasteiger partial charge in [-0.3, -0.25) is 4.98 Å². The molecule has 1 aliphatic rings. The third-order valence-corrected chi connectivity index (χ3v) is 6.84. The van der Waals surface area contributed by atoms with Gasteiger partial charge in [0.2, 0.25) is 10.0 Å². The average molecular weight is 447 g/mol. The molecule has 1 fully saturated rings. The Kier molecular flexibility index (Phi) is 5.58. The molecule has 5 nitrogen and oxygen atoms in total. The summed E-state index contributed by atoms with van der Waals surface area (Å²) >= 11 is 9.82. The topological polar surface area (TPSA) is 53.5 Å². The van der Waals surface area contributed by atoms with Gasteiger partial charge >= 0.3 is 0 Å². The van der Waals surface area contributed by atoms with E-state index in [1.54, 1.807) is 10.5 Å². The summed E-state index contributed by atoms with van der Waals surface area (Å²) in [6, 6.07) is 5.95. The SMILES string of the molecule is CCN(C1CCN(c2ccnc3c(Cl)cc(Br)cc23)CC1)S(C)(=O)=O. The number of aromatic nitrogens is 1. The van der Waals surface area contributed by atoms with E-state index in [1.165, 1.54) is 6.26 Å². The normalized spacial score (nSPS) is 16.8. The number of nitrogens with zero attached hydrogens (tertiary/aromatic N) is 3. The molecule has 1 saturated heterocycles. The summed E-state index contributed by atoms with van der Waals surface area (Å²) in [5, 5.41) is 1.63. The summed E-state index contributed by atoms with van der Waals surface area (Å²) in [4.78, 5) is 6.69. The molecule has 2 aromatic rings. The predicted octanol–water partition coefficient (Wildman–Crippen LogP) is 3.90. The van der Waals surface area contributed by atoms with Crippen LogP contribution in [-0.2, 0) is 10.0 Å². The van der Waals surface area contributed by atoms with Gasteiger partial charge in [0.05, 0.1) is 16.8 Å². The van der Waals surface area contributed by atoms with Crippen LogP contribution in [0.5, 0.6) is 0 Å². The van der Waals surface area contributed by atoms with Crippen molar-refractivity contribution < 1.29 is 8.42 Å². The smallest absolute Gasteiger partial charge is 0.211 e. The monoisotopic (exact) mass is 445 g/mol.